The molecule has 1 N–H and O–H groups in total. The van der Waals surface area contributed by atoms with E-state index >= 15 is 0 Å². The van der Waals surface area contributed by atoms with Crippen LogP contribution in [0, 0.1) is 17.8 Å². The van der Waals surface area contributed by atoms with Crippen molar-refractivity contribution < 1.29 is 0 Å². The number of fused-ring (bicyclic) bond motifs is 2. The Morgan fingerprint density at radius 1 is 1.18 bits per heavy atom. The maximum Gasteiger partial charge on any atom is 0.0965 e. The van der Waals surface area contributed by atoms with E-state index in [1.807, 2.05) is 0 Å². The first-order chi connectivity index (χ1) is 8.33. The largest absolute Gasteiger partial charge is 0.371 e. The van der Waals surface area contributed by atoms with Gasteiger partial charge in [0.15, 0.2) is 0 Å². The third-order valence-corrected chi connectivity index (χ3v) is 5.20. The molecule has 2 nitrogen and oxygen atoms in total. The van der Waals surface area contributed by atoms with Gasteiger partial charge in [-0.05, 0) is 56.8 Å². The Balaban J connectivity index is 1.55. The molecule has 0 aromatic heterocycles. The molecular formula is C15H26N2. The van der Waals surface area contributed by atoms with Gasteiger partial charge in [0, 0.05) is 19.0 Å². The topological polar surface area (TPSA) is 24.4 Å². The highest BCUT2D eigenvalue weighted by molar-refractivity contribution is 5.82. The standard InChI is InChI=1S/C15H26N2/c1-11(14-10-12-6-7-13(14)9-12)17-15-5-3-2-4-8-16-15/h11-14H,2-10H2,1H3,(H,16,17)/t11-,12-,13-,14+/m0/s1. The molecule has 0 radical (unpaired) electrons. The normalized spacial score (nSPS) is 38.6. The molecule has 2 heteroatoms. The number of hydrogen-bond donors (Lipinski definition) is 1. The molecule has 2 aliphatic carbocycles. The fourth-order valence-electron chi connectivity index (χ4n) is 4.27. The monoisotopic (exact) mass is 234 g/mol. The molecule has 2 fully saturated rings. The molecule has 0 saturated heterocycles. The molecule has 0 aromatic carbocycles. The molecule has 4 atom stereocenters. The van der Waals surface area contributed by atoms with Gasteiger partial charge < -0.3 is 5.32 Å². The van der Waals surface area contributed by atoms with E-state index in [-0.39, 0.29) is 0 Å². The third kappa shape index (κ3) is 2.51. The van der Waals surface area contributed by atoms with Gasteiger partial charge in [0.2, 0.25) is 0 Å². The van der Waals surface area contributed by atoms with Crippen LogP contribution in [0.4, 0.5) is 0 Å². The number of aliphatic imine (C=N–C) groups is 1. The van der Waals surface area contributed by atoms with Crippen LogP contribution in [0.25, 0.3) is 0 Å². The Morgan fingerprint density at radius 3 is 2.88 bits per heavy atom. The lowest BCUT2D eigenvalue weighted by Gasteiger charge is -2.29. The van der Waals surface area contributed by atoms with Crippen LogP contribution in [-0.2, 0) is 0 Å². The van der Waals surface area contributed by atoms with E-state index in [2.05, 4.69) is 12.2 Å². The van der Waals surface area contributed by atoms with Crippen LogP contribution in [0.3, 0.4) is 0 Å². The van der Waals surface area contributed by atoms with Crippen molar-refractivity contribution in [2.24, 2.45) is 22.7 Å². The second-order valence-electron chi connectivity index (χ2n) is 6.41. The van der Waals surface area contributed by atoms with Crippen molar-refractivity contribution in [1.82, 2.24) is 5.32 Å². The minimum absolute atomic E-state index is 0.655. The summed E-state index contributed by atoms with van der Waals surface area (Å²) in [5.41, 5.74) is 0. The molecule has 17 heavy (non-hydrogen) atoms. The molecular weight excluding hydrogens is 208 g/mol. The van der Waals surface area contributed by atoms with Crippen molar-refractivity contribution in [2.45, 2.75) is 64.3 Å². The average molecular weight is 234 g/mol. The van der Waals surface area contributed by atoms with Gasteiger partial charge >= 0.3 is 0 Å². The molecule has 0 aromatic rings. The predicted molar refractivity (Wildman–Crippen MR) is 72.3 cm³/mol. The van der Waals surface area contributed by atoms with Gasteiger partial charge in [-0.1, -0.05) is 12.8 Å². The smallest absolute Gasteiger partial charge is 0.0965 e. The van der Waals surface area contributed by atoms with Crippen LogP contribution in [0.1, 0.15) is 58.3 Å². The summed E-state index contributed by atoms with van der Waals surface area (Å²) in [6, 6.07) is 0.655. The fraction of sp³-hybridized carbons (Fsp3) is 0.933. The van der Waals surface area contributed by atoms with Gasteiger partial charge in [-0.3, -0.25) is 4.99 Å². The Bertz CT molecular complexity index is 297. The highest BCUT2D eigenvalue weighted by Gasteiger charge is 2.41. The molecule has 1 heterocycles. The zero-order valence-corrected chi connectivity index (χ0v) is 11.1. The number of amidine groups is 1. The van der Waals surface area contributed by atoms with Crippen LogP contribution >= 0.6 is 0 Å². The first-order valence-electron chi connectivity index (χ1n) is 7.63. The first-order valence-corrected chi connectivity index (χ1v) is 7.63. The SMILES string of the molecule is C[C@H](NC1=NCCCCC1)[C@H]1C[C@H]2CC[C@H]1C2. The van der Waals surface area contributed by atoms with E-state index < -0.39 is 0 Å². The molecule has 0 amide bonds. The van der Waals surface area contributed by atoms with Crippen molar-refractivity contribution in [3.63, 3.8) is 0 Å². The minimum Gasteiger partial charge on any atom is -0.371 e. The molecule has 3 rings (SSSR count). The minimum atomic E-state index is 0.655. The van der Waals surface area contributed by atoms with Crippen LogP contribution in [0.5, 0.6) is 0 Å². The fourth-order valence-corrected chi connectivity index (χ4v) is 4.27. The molecule has 2 bridgehead atoms. The zero-order valence-electron chi connectivity index (χ0n) is 11.1. The van der Waals surface area contributed by atoms with E-state index in [1.54, 1.807) is 0 Å². The van der Waals surface area contributed by atoms with Gasteiger partial charge in [-0.15, -0.1) is 0 Å². The predicted octanol–water partition coefficient (Wildman–Crippen LogP) is 3.37. The lowest BCUT2D eigenvalue weighted by molar-refractivity contribution is 0.278. The van der Waals surface area contributed by atoms with Crippen LogP contribution in [0.15, 0.2) is 4.99 Å². The summed E-state index contributed by atoms with van der Waals surface area (Å²) in [6.45, 7) is 3.44. The number of nitrogens with zero attached hydrogens (tertiary/aromatic N) is 1. The maximum absolute atomic E-state index is 4.70. The van der Waals surface area contributed by atoms with Gasteiger partial charge in [-0.2, -0.15) is 0 Å². The molecule has 1 aliphatic heterocycles. The summed E-state index contributed by atoms with van der Waals surface area (Å²) in [7, 11) is 0. The molecule has 96 valence electrons. The molecule has 2 saturated carbocycles. The molecule has 0 unspecified atom stereocenters. The number of nitrogens with one attached hydrogen (secondary N) is 1. The molecule has 3 aliphatic rings. The van der Waals surface area contributed by atoms with Crippen molar-refractivity contribution in [1.29, 1.82) is 0 Å². The second-order valence-corrected chi connectivity index (χ2v) is 6.41. The van der Waals surface area contributed by atoms with Gasteiger partial charge in [-0.25, -0.2) is 0 Å². The quantitative estimate of drug-likeness (QED) is 0.778. The Kier molecular flexibility index (Phi) is 3.39. The summed E-state index contributed by atoms with van der Waals surface area (Å²) in [4.78, 5) is 4.70. The second kappa shape index (κ2) is 4.99. The van der Waals surface area contributed by atoms with E-state index in [1.165, 1.54) is 57.2 Å². The Hall–Kier alpha value is -0.530. The molecule has 0 spiro atoms. The van der Waals surface area contributed by atoms with E-state index in [4.69, 9.17) is 4.99 Å². The Morgan fingerprint density at radius 2 is 2.12 bits per heavy atom. The lowest BCUT2D eigenvalue weighted by Crippen LogP contribution is -2.40. The van der Waals surface area contributed by atoms with Crippen molar-refractivity contribution >= 4 is 5.84 Å². The summed E-state index contributed by atoms with van der Waals surface area (Å²) in [5, 5.41) is 3.74. The first kappa shape index (κ1) is 11.6. The van der Waals surface area contributed by atoms with E-state index in [0.29, 0.717) is 6.04 Å². The van der Waals surface area contributed by atoms with Gasteiger partial charge in [0.05, 0.1) is 5.84 Å². The van der Waals surface area contributed by atoms with Crippen LogP contribution in [0.2, 0.25) is 0 Å². The zero-order chi connectivity index (χ0) is 11.7. The lowest BCUT2D eigenvalue weighted by atomic mass is 9.84. The van der Waals surface area contributed by atoms with E-state index in [9.17, 15) is 0 Å². The number of rotatable bonds is 2. The van der Waals surface area contributed by atoms with Crippen LogP contribution < -0.4 is 5.32 Å². The average Bonchev–Trinajstić information content (AvgIpc) is 2.87. The highest BCUT2D eigenvalue weighted by Crippen LogP contribution is 2.49. The van der Waals surface area contributed by atoms with Crippen molar-refractivity contribution in [3.8, 4) is 0 Å². The summed E-state index contributed by atoms with van der Waals surface area (Å²) < 4.78 is 0. The van der Waals surface area contributed by atoms with Crippen LogP contribution in [-0.4, -0.2) is 18.4 Å². The maximum atomic E-state index is 4.70. The van der Waals surface area contributed by atoms with E-state index in [0.717, 1.165) is 24.3 Å². The number of hydrogen-bond acceptors (Lipinski definition) is 2. The summed E-state index contributed by atoms with van der Waals surface area (Å²) >= 11 is 0. The highest BCUT2D eigenvalue weighted by atomic mass is 15.0. The summed E-state index contributed by atoms with van der Waals surface area (Å²) in [6.07, 6.45) is 11.2. The third-order valence-electron chi connectivity index (χ3n) is 5.20. The summed E-state index contributed by atoms with van der Waals surface area (Å²) in [5.74, 6) is 4.32. The van der Waals surface area contributed by atoms with Gasteiger partial charge in [0.25, 0.3) is 0 Å². The van der Waals surface area contributed by atoms with Crippen molar-refractivity contribution in [3.05, 3.63) is 0 Å². The Labute approximate surface area is 105 Å². The van der Waals surface area contributed by atoms with Crippen molar-refractivity contribution in [2.75, 3.05) is 6.54 Å². The van der Waals surface area contributed by atoms with Gasteiger partial charge in [0.1, 0.15) is 0 Å².